The van der Waals surface area contributed by atoms with Crippen molar-refractivity contribution < 1.29 is 17.9 Å². The lowest BCUT2D eigenvalue weighted by Gasteiger charge is -2.23. The summed E-state index contributed by atoms with van der Waals surface area (Å²) in [7, 11) is -3.82. The third kappa shape index (κ3) is 5.39. The quantitative estimate of drug-likeness (QED) is 0.362. The zero-order chi connectivity index (χ0) is 25.9. The van der Waals surface area contributed by atoms with E-state index in [0.29, 0.717) is 12.1 Å². The molecule has 36 heavy (non-hydrogen) atoms. The molecule has 0 fully saturated rings. The monoisotopic (exact) mass is 503 g/mol. The van der Waals surface area contributed by atoms with Crippen LogP contribution in [0.3, 0.4) is 0 Å². The lowest BCUT2D eigenvalue weighted by atomic mass is 9.89. The molecule has 5 nitrogen and oxygen atoms in total. The van der Waals surface area contributed by atoms with E-state index in [1.54, 1.807) is 12.1 Å². The lowest BCUT2D eigenvalue weighted by Crippen LogP contribution is -2.28. The van der Waals surface area contributed by atoms with Crippen molar-refractivity contribution in [3.05, 3.63) is 107 Å². The van der Waals surface area contributed by atoms with Crippen LogP contribution in [0.5, 0.6) is 0 Å². The first-order valence-electron chi connectivity index (χ1n) is 12.2. The maximum Gasteiger partial charge on any atom is 0.311 e. The average Bonchev–Trinajstić information content (AvgIpc) is 3.25. The Morgan fingerprint density at radius 2 is 1.50 bits per heavy atom. The van der Waals surface area contributed by atoms with E-state index in [0.717, 1.165) is 22.3 Å². The van der Waals surface area contributed by atoms with Crippen LogP contribution in [0.2, 0.25) is 0 Å². The van der Waals surface area contributed by atoms with Crippen LogP contribution in [0.1, 0.15) is 49.8 Å². The highest BCUT2D eigenvalue weighted by atomic mass is 32.2. The van der Waals surface area contributed by atoms with Gasteiger partial charge in [0.15, 0.2) is 0 Å². The van der Waals surface area contributed by atoms with Gasteiger partial charge in [0, 0.05) is 18.9 Å². The Hall–Kier alpha value is -3.38. The largest absolute Gasteiger partial charge is 0.465 e. The number of hydrogen-bond acceptors (Lipinski definition) is 4. The molecule has 0 saturated heterocycles. The molecule has 0 N–H and O–H groups in total. The van der Waals surface area contributed by atoms with Crippen LogP contribution in [-0.2, 0) is 19.6 Å². The number of esters is 1. The fourth-order valence-corrected chi connectivity index (χ4v) is 5.97. The molecule has 3 aromatic rings. The van der Waals surface area contributed by atoms with Crippen LogP contribution >= 0.6 is 0 Å². The van der Waals surface area contributed by atoms with Gasteiger partial charge in [-0.15, -0.1) is 0 Å². The molecular weight excluding hydrogens is 470 g/mol. The molecule has 1 aliphatic heterocycles. The normalized spacial score (nSPS) is 16.3. The molecule has 0 spiro atoms. The highest BCUT2D eigenvalue weighted by Gasteiger charge is 2.40. The van der Waals surface area contributed by atoms with E-state index in [1.807, 2.05) is 100 Å². The third-order valence-electron chi connectivity index (χ3n) is 6.40. The summed E-state index contributed by atoms with van der Waals surface area (Å²) >= 11 is 0. The number of carbonyl (C=O) groups is 1. The van der Waals surface area contributed by atoms with Gasteiger partial charge in [0.05, 0.1) is 22.6 Å². The summed E-state index contributed by atoms with van der Waals surface area (Å²) in [4.78, 5) is 12.7. The summed E-state index contributed by atoms with van der Waals surface area (Å²) in [5, 5.41) is 0. The van der Waals surface area contributed by atoms with Crippen molar-refractivity contribution >= 4 is 21.7 Å². The van der Waals surface area contributed by atoms with Gasteiger partial charge in [0.25, 0.3) is 10.0 Å². The van der Waals surface area contributed by atoms with Crippen molar-refractivity contribution in [1.29, 1.82) is 0 Å². The number of aryl methyl sites for hydroxylation is 1. The highest BCUT2D eigenvalue weighted by molar-refractivity contribution is 7.89. The van der Waals surface area contributed by atoms with Gasteiger partial charge in [-0.3, -0.25) is 9.10 Å². The van der Waals surface area contributed by atoms with E-state index in [9.17, 15) is 13.2 Å². The Bertz CT molecular complexity index is 1340. The molecule has 3 aromatic carbocycles. The summed E-state index contributed by atoms with van der Waals surface area (Å²) in [5.74, 6) is -0.433. The fraction of sp³-hybridized carbons (Fsp3) is 0.300. The summed E-state index contributed by atoms with van der Waals surface area (Å²) in [6.45, 7) is 7.87. The molecule has 1 unspecified atom stereocenters. The second kappa shape index (κ2) is 10.3. The molecule has 4 rings (SSSR count). The first-order valence-corrected chi connectivity index (χ1v) is 13.6. The van der Waals surface area contributed by atoms with Crippen molar-refractivity contribution in [2.45, 2.75) is 44.9 Å². The second-order valence-electron chi connectivity index (χ2n) is 10.2. The molecule has 0 saturated carbocycles. The molecule has 6 heteroatoms. The number of ether oxygens (including phenoxy) is 1. The van der Waals surface area contributed by atoms with Gasteiger partial charge in [-0.05, 0) is 56.5 Å². The number of hydrogen-bond donors (Lipinski definition) is 0. The summed E-state index contributed by atoms with van der Waals surface area (Å²) in [5.41, 5.74) is 3.86. The maximum atomic E-state index is 14.0. The van der Waals surface area contributed by atoms with Gasteiger partial charge in [-0.1, -0.05) is 78.4 Å². The zero-order valence-corrected chi connectivity index (χ0v) is 22.1. The molecule has 1 heterocycles. The van der Waals surface area contributed by atoms with Crippen LogP contribution in [0.25, 0.3) is 5.70 Å². The zero-order valence-electron chi connectivity index (χ0n) is 21.3. The minimum absolute atomic E-state index is 0.157. The van der Waals surface area contributed by atoms with Crippen molar-refractivity contribution in [2.24, 2.45) is 5.41 Å². The standard InChI is InChI=1S/C30H33NO4S/c1-22-15-17-25(18-16-22)36(33,34)31-21-27(23-11-7-5-8-12-23)26(19-20-35-29(32)30(2,3)4)28(31)24-13-9-6-10-14-24/h5-18,27H,19-21H2,1-4H3. The predicted octanol–water partition coefficient (Wildman–Crippen LogP) is 6.17. The van der Waals surface area contributed by atoms with E-state index >= 15 is 0 Å². The first kappa shape index (κ1) is 25.7. The Morgan fingerprint density at radius 3 is 2.08 bits per heavy atom. The smallest absolute Gasteiger partial charge is 0.311 e. The van der Waals surface area contributed by atoms with Crippen molar-refractivity contribution in [3.8, 4) is 0 Å². The van der Waals surface area contributed by atoms with Gasteiger partial charge >= 0.3 is 5.97 Å². The number of carbonyl (C=O) groups excluding carboxylic acids is 1. The number of nitrogens with zero attached hydrogens (tertiary/aromatic N) is 1. The van der Waals surface area contributed by atoms with Crippen molar-refractivity contribution in [3.63, 3.8) is 0 Å². The molecular formula is C30H33NO4S. The number of benzene rings is 3. The Balaban J connectivity index is 1.82. The molecule has 188 valence electrons. The molecule has 1 aliphatic rings. The summed E-state index contributed by atoms with van der Waals surface area (Å²) < 4.78 is 35.1. The van der Waals surface area contributed by atoms with Crippen LogP contribution in [0.4, 0.5) is 0 Å². The Labute approximate surface area is 214 Å². The van der Waals surface area contributed by atoms with Gasteiger partial charge in [-0.2, -0.15) is 0 Å². The van der Waals surface area contributed by atoms with Crippen molar-refractivity contribution in [1.82, 2.24) is 4.31 Å². The first-order chi connectivity index (χ1) is 17.1. The van der Waals surface area contributed by atoms with Gasteiger partial charge in [0.2, 0.25) is 0 Å². The van der Waals surface area contributed by atoms with Crippen LogP contribution in [-0.4, -0.2) is 31.8 Å². The number of rotatable bonds is 7. The highest BCUT2D eigenvalue weighted by Crippen LogP contribution is 2.45. The van der Waals surface area contributed by atoms with Gasteiger partial charge in [-0.25, -0.2) is 8.42 Å². The van der Waals surface area contributed by atoms with Gasteiger partial charge in [0.1, 0.15) is 0 Å². The van der Waals surface area contributed by atoms with E-state index in [-0.39, 0.29) is 29.9 Å². The molecule has 1 atom stereocenters. The van der Waals surface area contributed by atoms with Gasteiger partial charge < -0.3 is 4.74 Å². The maximum absolute atomic E-state index is 14.0. The molecule has 0 bridgehead atoms. The summed E-state index contributed by atoms with van der Waals surface area (Å²) in [6, 6.07) is 26.5. The van der Waals surface area contributed by atoms with Crippen LogP contribution in [0.15, 0.2) is 95.4 Å². The second-order valence-corrected chi connectivity index (χ2v) is 12.1. The van der Waals surface area contributed by atoms with Crippen LogP contribution in [0, 0.1) is 12.3 Å². The molecule has 0 radical (unpaired) electrons. The molecule has 0 aliphatic carbocycles. The minimum Gasteiger partial charge on any atom is -0.465 e. The third-order valence-corrected chi connectivity index (χ3v) is 8.18. The molecule has 0 amide bonds. The summed E-state index contributed by atoms with van der Waals surface area (Å²) in [6.07, 6.45) is 0.436. The number of sulfonamides is 1. The Kier molecular flexibility index (Phi) is 7.36. The van der Waals surface area contributed by atoms with E-state index in [1.165, 1.54) is 4.31 Å². The van der Waals surface area contributed by atoms with E-state index in [2.05, 4.69) is 0 Å². The Morgan fingerprint density at radius 1 is 0.917 bits per heavy atom. The topological polar surface area (TPSA) is 63.7 Å². The van der Waals surface area contributed by atoms with Crippen LogP contribution < -0.4 is 0 Å². The minimum atomic E-state index is -3.82. The average molecular weight is 504 g/mol. The van der Waals surface area contributed by atoms with Crippen molar-refractivity contribution in [2.75, 3.05) is 13.2 Å². The fourth-order valence-electron chi connectivity index (χ4n) is 4.43. The SMILES string of the molecule is Cc1ccc(S(=O)(=O)N2CC(c3ccccc3)C(CCOC(=O)C(C)(C)C)=C2c2ccccc2)cc1. The molecule has 0 aromatic heterocycles. The van der Waals surface area contributed by atoms with E-state index < -0.39 is 15.4 Å². The van der Waals surface area contributed by atoms with E-state index in [4.69, 9.17) is 4.74 Å². The predicted molar refractivity (Wildman–Crippen MR) is 143 cm³/mol. The lowest BCUT2D eigenvalue weighted by molar-refractivity contribution is -0.152.